The van der Waals surface area contributed by atoms with Crippen LogP contribution in [0, 0.1) is 12.7 Å². The molecule has 5 heteroatoms. The summed E-state index contributed by atoms with van der Waals surface area (Å²) in [7, 11) is 0. The highest BCUT2D eigenvalue weighted by Crippen LogP contribution is 2.23. The smallest absolute Gasteiger partial charge is 0.226 e. The monoisotopic (exact) mass is 350 g/mol. The summed E-state index contributed by atoms with van der Waals surface area (Å²) in [5.41, 5.74) is 2.58. The van der Waals surface area contributed by atoms with Crippen LogP contribution in [0.5, 0.6) is 0 Å². The zero-order valence-electron chi connectivity index (χ0n) is 11.6. The van der Waals surface area contributed by atoms with Gasteiger partial charge in [0.25, 0.3) is 0 Å². The van der Waals surface area contributed by atoms with Gasteiger partial charge < -0.3 is 10.6 Å². The molecular weight excluding hydrogens is 335 g/mol. The lowest BCUT2D eigenvalue weighted by molar-refractivity contribution is -0.115. The van der Waals surface area contributed by atoms with Gasteiger partial charge in [-0.3, -0.25) is 4.79 Å². The molecule has 0 spiro atoms. The highest BCUT2D eigenvalue weighted by molar-refractivity contribution is 9.10. The molecule has 21 heavy (non-hydrogen) atoms. The van der Waals surface area contributed by atoms with Crippen LogP contribution < -0.4 is 10.6 Å². The molecule has 0 heterocycles. The molecule has 0 aromatic heterocycles. The molecule has 2 aromatic rings. The summed E-state index contributed by atoms with van der Waals surface area (Å²) < 4.78 is 14.0. The first-order chi connectivity index (χ1) is 10.0. The Labute approximate surface area is 131 Å². The number of rotatable bonds is 5. The van der Waals surface area contributed by atoms with E-state index in [-0.39, 0.29) is 11.7 Å². The molecular formula is C16H16BrFN2O. The molecule has 0 atom stereocenters. The van der Waals surface area contributed by atoms with Crippen molar-refractivity contribution in [1.82, 2.24) is 0 Å². The lowest BCUT2D eigenvalue weighted by atomic mass is 10.2. The third kappa shape index (κ3) is 4.86. The van der Waals surface area contributed by atoms with E-state index in [0.29, 0.717) is 18.7 Å². The van der Waals surface area contributed by atoms with Gasteiger partial charge in [-0.25, -0.2) is 4.39 Å². The maximum absolute atomic E-state index is 13.0. The molecule has 0 radical (unpaired) electrons. The average molecular weight is 351 g/mol. The van der Waals surface area contributed by atoms with Crippen molar-refractivity contribution in [3.05, 3.63) is 58.3 Å². The molecule has 3 nitrogen and oxygen atoms in total. The molecule has 0 saturated carbocycles. The quantitative estimate of drug-likeness (QED) is 0.842. The van der Waals surface area contributed by atoms with Gasteiger partial charge in [0, 0.05) is 28.8 Å². The number of aryl methyl sites for hydroxylation is 1. The van der Waals surface area contributed by atoms with Crippen LogP contribution in [0.15, 0.2) is 46.9 Å². The van der Waals surface area contributed by atoms with E-state index in [2.05, 4.69) is 26.6 Å². The molecule has 2 aromatic carbocycles. The van der Waals surface area contributed by atoms with Gasteiger partial charge in [0.15, 0.2) is 0 Å². The van der Waals surface area contributed by atoms with Crippen LogP contribution in [0.1, 0.15) is 12.0 Å². The molecule has 0 unspecified atom stereocenters. The van der Waals surface area contributed by atoms with E-state index in [4.69, 9.17) is 0 Å². The Morgan fingerprint density at radius 3 is 2.76 bits per heavy atom. The molecule has 2 rings (SSSR count). The largest absolute Gasteiger partial charge is 0.384 e. The zero-order valence-corrected chi connectivity index (χ0v) is 13.2. The summed E-state index contributed by atoms with van der Waals surface area (Å²) in [6.07, 6.45) is 0.302. The number of carbonyl (C=O) groups is 1. The van der Waals surface area contributed by atoms with E-state index in [1.165, 1.54) is 12.1 Å². The Balaban J connectivity index is 1.81. The molecule has 0 aliphatic carbocycles. The van der Waals surface area contributed by atoms with E-state index in [0.717, 1.165) is 15.7 Å². The van der Waals surface area contributed by atoms with Crippen molar-refractivity contribution in [3.8, 4) is 0 Å². The third-order valence-corrected chi connectivity index (χ3v) is 3.56. The number of carbonyl (C=O) groups excluding carboxylic acids is 1. The minimum Gasteiger partial charge on any atom is -0.384 e. The van der Waals surface area contributed by atoms with Gasteiger partial charge in [-0.1, -0.05) is 12.1 Å². The fourth-order valence-corrected chi connectivity index (χ4v) is 2.50. The summed E-state index contributed by atoms with van der Waals surface area (Å²) in [5, 5.41) is 5.85. The summed E-state index contributed by atoms with van der Waals surface area (Å²) in [6.45, 7) is 2.52. The maximum Gasteiger partial charge on any atom is 0.226 e. The first kappa shape index (κ1) is 15.5. The molecule has 1 amide bonds. The summed E-state index contributed by atoms with van der Waals surface area (Å²) in [4.78, 5) is 11.8. The van der Waals surface area contributed by atoms with Gasteiger partial charge in [0.1, 0.15) is 5.82 Å². The predicted molar refractivity (Wildman–Crippen MR) is 87.0 cm³/mol. The molecule has 0 aliphatic rings. The van der Waals surface area contributed by atoms with Gasteiger partial charge in [-0.15, -0.1) is 0 Å². The predicted octanol–water partition coefficient (Wildman–Crippen LogP) is 4.34. The summed E-state index contributed by atoms with van der Waals surface area (Å²) in [5.74, 6) is -0.522. The van der Waals surface area contributed by atoms with Crippen LogP contribution in [0.3, 0.4) is 0 Å². The first-order valence-electron chi connectivity index (χ1n) is 6.60. The van der Waals surface area contributed by atoms with E-state index in [1.54, 1.807) is 12.1 Å². The minimum absolute atomic E-state index is 0.156. The van der Waals surface area contributed by atoms with Gasteiger partial charge in [0.2, 0.25) is 5.91 Å². The lowest BCUT2D eigenvalue weighted by Crippen LogP contribution is -2.16. The zero-order chi connectivity index (χ0) is 15.2. The van der Waals surface area contributed by atoms with Crippen LogP contribution in [-0.2, 0) is 4.79 Å². The first-order valence-corrected chi connectivity index (χ1v) is 7.39. The van der Waals surface area contributed by atoms with Gasteiger partial charge in [0.05, 0.1) is 0 Å². The van der Waals surface area contributed by atoms with Crippen molar-refractivity contribution >= 4 is 33.2 Å². The Morgan fingerprint density at radius 1 is 1.24 bits per heavy atom. The normalized spacial score (nSPS) is 10.2. The second-order valence-electron chi connectivity index (χ2n) is 4.72. The number of anilines is 2. The van der Waals surface area contributed by atoms with Crippen molar-refractivity contribution in [2.24, 2.45) is 0 Å². The van der Waals surface area contributed by atoms with Crippen LogP contribution >= 0.6 is 15.9 Å². The average Bonchev–Trinajstić information content (AvgIpc) is 2.41. The van der Waals surface area contributed by atoms with E-state index >= 15 is 0 Å². The number of nitrogens with one attached hydrogen (secondary N) is 2. The van der Waals surface area contributed by atoms with Crippen molar-refractivity contribution in [2.45, 2.75) is 13.3 Å². The second-order valence-corrected chi connectivity index (χ2v) is 5.57. The maximum atomic E-state index is 13.0. The number of halogens is 2. The second kappa shape index (κ2) is 7.22. The topological polar surface area (TPSA) is 41.1 Å². The van der Waals surface area contributed by atoms with Crippen molar-refractivity contribution in [1.29, 1.82) is 0 Å². The van der Waals surface area contributed by atoms with Gasteiger partial charge in [-0.2, -0.15) is 0 Å². The van der Waals surface area contributed by atoms with Crippen LogP contribution in [0.4, 0.5) is 15.8 Å². The van der Waals surface area contributed by atoms with E-state index < -0.39 is 0 Å². The third-order valence-electron chi connectivity index (χ3n) is 2.90. The Morgan fingerprint density at radius 2 is 2.05 bits per heavy atom. The van der Waals surface area contributed by atoms with E-state index in [1.807, 2.05) is 25.1 Å². The molecule has 0 aliphatic heterocycles. The van der Waals surface area contributed by atoms with E-state index in [9.17, 15) is 9.18 Å². The van der Waals surface area contributed by atoms with Gasteiger partial charge in [-0.05, 0) is 58.7 Å². The minimum atomic E-state index is -0.366. The van der Waals surface area contributed by atoms with Crippen molar-refractivity contribution in [2.75, 3.05) is 17.2 Å². The molecule has 0 bridgehead atoms. The van der Waals surface area contributed by atoms with Crippen LogP contribution in [0.25, 0.3) is 0 Å². The Kier molecular flexibility index (Phi) is 5.33. The number of amides is 1. The fraction of sp³-hybridized carbons (Fsp3) is 0.188. The summed E-state index contributed by atoms with van der Waals surface area (Å²) in [6, 6.07) is 11.8. The highest BCUT2D eigenvalue weighted by atomic mass is 79.9. The van der Waals surface area contributed by atoms with Crippen LogP contribution in [-0.4, -0.2) is 12.5 Å². The SMILES string of the molecule is Cc1ccc(NCCC(=O)Nc2cccc(F)c2)c(Br)c1. The molecule has 0 saturated heterocycles. The number of hydrogen-bond donors (Lipinski definition) is 2. The molecule has 0 fully saturated rings. The van der Waals surface area contributed by atoms with Gasteiger partial charge >= 0.3 is 0 Å². The molecule has 110 valence electrons. The highest BCUT2D eigenvalue weighted by Gasteiger charge is 2.04. The standard InChI is InChI=1S/C16H16BrFN2O/c1-11-5-6-15(14(17)9-11)19-8-7-16(21)20-13-4-2-3-12(18)10-13/h2-6,9-10,19H,7-8H2,1H3,(H,20,21). The molecule has 2 N–H and O–H groups in total. The Hall–Kier alpha value is -1.88. The van der Waals surface area contributed by atoms with Crippen LogP contribution in [0.2, 0.25) is 0 Å². The van der Waals surface area contributed by atoms with Crippen molar-refractivity contribution < 1.29 is 9.18 Å². The number of hydrogen-bond acceptors (Lipinski definition) is 2. The summed E-state index contributed by atoms with van der Waals surface area (Å²) >= 11 is 3.47. The number of benzene rings is 2. The Bertz CT molecular complexity index is 646. The van der Waals surface area contributed by atoms with Crippen molar-refractivity contribution in [3.63, 3.8) is 0 Å². The lowest BCUT2D eigenvalue weighted by Gasteiger charge is -2.09. The fourth-order valence-electron chi connectivity index (χ4n) is 1.86.